The molecule has 0 saturated heterocycles. The molecule has 0 radical (unpaired) electrons. The summed E-state index contributed by atoms with van der Waals surface area (Å²) in [7, 11) is 0. The largest absolute Gasteiger partial charge is 0.481 e. The van der Waals surface area contributed by atoms with E-state index < -0.39 is 18.2 Å². The van der Waals surface area contributed by atoms with Gasteiger partial charge in [-0.1, -0.05) is 35.3 Å². The Morgan fingerprint density at radius 3 is 2.57 bits per heavy atom. The number of halogens is 5. The number of aliphatic carboxylic acids is 1. The molecule has 0 spiro atoms. The molecule has 0 fully saturated rings. The van der Waals surface area contributed by atoms with E-state index in [2.05, 4.69) is 15.6 Å². The van der Waals surface area contributed by atoms with Crippen molar-refractivity contribution < 1.29 is 23.1 Å². The van der Waals surface area contributed by atoms with Gasteiger partial charge in [0.15, 0.2) is 0 Å². The third kappa shape index (κ3) is 6.25. The minimum absolute atomic E-state index is 0.00522. The van der Waals surface area contributed by atoms with Crippen molar-refractivity contribution >= 4 is 35.0 Å². The Bertz CT molecular complexity index is 847. The van der Waals surface area contributed by atoms with Crippen molar-refractivity contribution in [3.8, 4) is 0 Å². The molecule has 1 aromatic carbocycles. The van der Waals surface area contributed by atoms with Gasteiger partial charge in [-0.2, -0.15) is 13.2 Å². The maximum absolute atomic E-state index is 13.6. The summed E-state index contributed by atoms with van der Waals surface area (Å²) in [5, 5.41) is 14.5. The zero-order valence-electron chi connectivity index (χ0n) is 14.8. The van der Waals surface area contributed by atoms with E-state index in [4.69, 9.17) is 28.3 Å². The number of pyridine rings is 1. The lowest BCUT2D eigenvalue weighted by Crippen LogP contribution is -2.28. The van der Waals surface area contributed by atoms with Crippen molar-refractivity contribution in [3.05, 3.63) is 57.2 Å². The van der Waals surface area contributed by atoms with Crippen molar-refractivity contribution in [2.24, 2.45) is 0 Å². The van der Waals surface area contributed by atoms with Crippen LogP contribution in [0.25, 0.3) is 0 Å². The summed E-state index contributed by atoms with van der Waals surface area (Å²) < 4.78 is 40.8. The van der Waals surface area contributed by atoms with Gasteiger partial charge in [0.05, 0.1) is 11.4 Å². The Kier molecular flexibility index (Phi) is 7.51. The Morgan fingerprint density at radius 2 is 1.96 bits per heavy atom. The van der Waals surface area contributed by atoms with Crippen LogP contribution in [0, 0.1) is 6.92 Å². The first-order valence-corrected chi connectivity index (χ1v) is 8.99. The van der Waals surface area contributed by atoms with Gasteiger partial charge in [0, 0.05) is 24.3 Å². The molecule has 5 nitrogen and oxygen atoms in total. The highest BCUT2D eigenvalue weighted by Crippen LogP contribution is 2.36. The fourth-order valence-electron chi connectivity index (χ4n) is 2.46. The standard InChI is InChI=1S/C18H18Cl2F3N3O2/c1-10-6-11(2-3-13(10)19)17(18(21,22)23)26-15-7-12(14(20)9-25-15)8-24-5-4-16(27)28/h2-3,6-7,9,17,24H,4-5,8H2,1H3,(H,25,26)(H,27,28). The summed E-state index contributed by atoms with van der Waals surface area (Å²) in [5.74, 6) is -0.962. The molecule has 152 valence electrons. The van der Waals surface area contributed by atoms with Gasteiger partial charge in [-0.3, -0.25) is 4.79 Å². The van der Waals surface area contributed by atoms with Crippen LogP contribution in [0.4, 0.5) is 19.0 Å². The van der Waals surface area contributed by atoms with E-state index in [0.29, 0.717) is 16.1 Å². The van der Waals surface area contributed by atoms with Crippen LogP contribution < -0.4 is 10.6 Å². The van der Waals surface area contributed by atoms with E-state index >= 15 is 0 Å². The Hall–Kier alpha value is -2.03. The molecule has 28 heavy (non-hydrogen) atoms. The fourth-order valence-corrected chi connectivity index (χ4v) is 2.75. The molecule has 2 rings (SSSR count). The molecule has 0 amide bonds. The van der Waals surface area contributed by atoms with Gasteiger partial charge in [-0.05, 0) is 35.7 Å². The first-order chi connectivity index (χ1) is 13.1. The van der Waals surface area contributed by atoms with Crippen LogP contribution in [0.5, 0.6) is 0 Å². The molecule has 1 atom stereocenters. The van der Waals surface area contributed by atoms with Crippen molar-refractivity contribution in [3.63, 3.8) is 0 Å². The Balaban J connectivity index is 2.21. The van der Waals surface area contributed by atoms with Gasteiger partial charge < -0.3 is 15.7 Å². The predicted octanol–water partition coefficient (Wildman–Crippen LogP) is 4.98. The van der Waals surface area contributed by atoms with E-state index in [1.54, 1.807) is 6.92 Å². The van der Waals surface area contributed by atoms with Gasteiger partial charge in [-0.25, -0.2) is 4.98 Å². The van der Waals surface area contributed by atoms with E-state index in [-0.39, 0.29) is 35.9 Å². The lowest BCUT2D eigenvalue weighted by atomic mass is 10.0. The second kappa shape index (κ2) is 9.45. The highest BCUT2D eigenvalue weighted by Gasteiger charge is 2.41. The molecule has 1 heterocycles. The van der Waals surface area contributed by atoms with Crippen molar-refractivity contribution in [2.75, 3.05) is 11.9 Å². The predicted molar refractivity (Wildman–Crippen MR) is 102 cm³/mol. The summed E-state index contributed by atoms with van der Waals surface area (Å²) in [6, 6.07) is 3.52. The van der Waals surface area contributed by atoms with Gasteiger partial charge in [0.25, 0.3) is 0 Å². The van der Waals surface area contributed by atoms with E-state index in [0.717, 1.165) is 0 Å². The van der Waals surface area contributed by atoms with Crippen LogP contribution in [0.15, 0.2) is 30.5 Å². The zero-order valence-corrected chi connectivity index (χ0v) is 16.3. The van der Waals surface area contributed by atoms with Crippen molar-refractivity contribution in [2.45, 2.75) is 32.1 Å². The van der Waals surface area contributed by atoms with E-state index in [1.165, 1.54) is 30.5 Å². The first kappa shape index (κ1) is 22.3. The van der Waals surface area contributed by atoms with Gasteiger partial charge >= 0.3 is 12.1 Å². The molecule has 0 saturated carbocycles. The minimum Gasteiger partial charge on any atom is -0.481 e. The number of aromatic nitrogens is 1. The number of hydrogen-bond donors (Lipinski definition) is 3. The van der Waals surface area contributed by atoms with Crippen LogP contribution in [0.1, 0.15) is 29.2 Å². The summed E-state index contributed by atoms with van der Waals surface area (Å²) in [6.07, 6.45) is -3.40. The summed E-state index contributed by atoms with van der Waals surface area (Å²) >= 11 is 11.9. The topological polar surface area (TPSA) is 74.2 Å². The molecule has 3 N–H and O–H groups in total. The first-order valence-electron chi connectivity index (χ1n) is 8.24. The number of carboxylic acids is 1. The zero-order chi connectivity index (χ0) is 20.9. The molecule has 0 aliphatic heterocycles. The quantitative estimate of drug-likeness (QED) is 0.510. The maximum Gasteiger partial charge on any atom is 0.412 e. The molecule has 0 aliphatic carbocycles. The van der Waals surface area contributed by atoms with Crippen molar-refractivity contribution in [1.29, 1.82) is 0 Å². The number of benzene rings is 1. The number of aryl methyl sites for hydroxylation is 1. The number of nitrogens with zero attached hydrogens (tertiary/aromatic N) is 1. The molecule has 10 heteroatoms. The third-order valence-electron chi connectivity index (χ3n) is 3.90. The number of carbonyl (C=O) groups is 1. The molecule has 0 aliphatic rings. The Morgan fingerprint density at radius 1 is 1.25 bits per heavy atom. The lowest BCUT2D eigenvalue weighted by Gasteiger charge is -2.23. The SMILES string of the molecule is Cc1cc(C(Nc2cc(CNCCC(=O)O)c(Cl)cn2)C(F)(F)F)ccc1Cl. The van der Waals surface area contributed by atoms with Crippen LogP contribution in [-0.4, -0.2) is 28.8 Å². The lowest BCUT2D eigenvalue weighted by molar-refractivity contribution is -0.144. The smallest absolute Gasteiger partial charge is 0.412 e. The average Bonchev–Trinajstić information content (AvgIpc) is 2.60. The number of rotatable bonds is 8. The van der Waals surface area contributed by atoms with Crippen LogP contribution in [-0.2, 0) is 11.3 Å². The number of hydrogen-bond acceptors (Lipinski definition) is 4. The highest BCUT2D eigenvalue weighted by molar-refractivity contribution is 6.31. The Labute approximate surface area is 169 Å². The second-order valence-corrected chi connectivity index (χ2v) is 6.92. The fraction of sp³-hybridized carbons (Fsp3) is 0.333. The second-order valence-electron chi connectivity index (χ2n) is 6.11. The van der Waals surface area contributed by atoms with Crippen LogP contribution in [0.2, 0.25) is 10.0 Å². The van der Waals surface area contributed by atoms with E-state index in [9.17, 15) is 18.0 Å². The van der Waals surface area contributed by atoms with Crippen LogP contribution >= 0.6 is 23.2 Å². The third-order valence-corrected chi connectivity index (χ3v) is 4.67. The number of alkyl halides is 3. The van der Waals surface area contributed by atoms with E-state index in [1.807, 2.05) is 0 Å². The molecule has 1 unspecified atom stereocenters. The van der Waals surface area contributed by atoms with Gasteiger partial charge in [-0.15, -0.1) is 0 Å². The molecular weight excluding hydrogens is 418 g/mol. The number of anilines is 1. The minimum atomic E-state index is -4.57. The highest BCUT2D eigenvalue weighted by atomic mass is 35.5. The normalized spacial score (nSPS) is 12.6. The number of carboxylic acid groups (broad SMARTS) is 1. The van der Waals surface area contributed by atoms with Crippen molar-refractivity contribution in [1.82, 2.24) is 10.3 Å². The average molecular weight is 436 g/mol. The monoisotopic (exact) mass is 435 g/mol. The van der Waals surface area contributed by atoms with Gasteiger partial charge in [0.2, 0.25) is 0 Å². The molecular formula is C18H18Cl2F3N3O2. The molecule has 1 aromatic heterocycles. The van der Waals surface area contributed by atoms with Gasteiger partial charge in [0.1, 0.15) is 11.9 Å². The maximum atomic E-state index is 13.6. The summed E-state index contributed by atoms with van der Waals surface area (Å²) in [6.45, 7) is 2.02. The number of nitrogens with one attached hydrogen (secondary N) is 2. The molecule has 0 bridgehead atoms. The summed E-state index contributed by atoms with van der Waals surface area (Å²) in [4.78, 5) is 14.4. The summed E-state index contributed by atoms with van der Waals surface area (Å²) in [5.41, 5.74) is 1.03. The molecule has 2 aromatic rings. The van der Waals surface area contributed by atoms with Crippen LogP contribution in [0.3, 0.4) is 0 Å².